The van der Waals surface area contributed by atoms with Crippen molar-refractivity contribution >= 4 is 0 Å². The molecule has 34 heavy (non-hydrogen) atoms. The third-order valence-corrected chi connectivity index (χ3v) is 7.05. The Morgan fingerprint density at radius 2 is 1.29 bits per heavy atom. The number of rotatable bonds is 9. The number of likely N-dealkylation sites (N-methyl/N-ethyl adjacent to an activating group) is 1. The summed E-state index contributed by atoms with van der Waals surface area (Å²) in [5.74, 6) is -5.49. The van der Waals surface area contributed by atoms with Crippen LogP contribution in [0.4, 0.5) is 26.3 Å². The first kappa shape index (κ1) is 26.6. The van der Waals surface area contributed by atoms with E-state index in [1.807, 2.05) is 18.2 Å². The number of nitrogens with zero attached hydrogens (tertiary/aromatic N) is 1. The average molecular weight is 486 g/mol. The highest BCUT2D eigenvalue weighted by Crippen LogP contribution is 2.53. The predicted octanol–water partition coefficient (Wildman–Crippen LogP) is 7.81. The molecular formula is C27H33F6N. The molecule has 188 valence electrons. The van der Waals surface area contributed by atoms with Crippen molar-refractivity contribution in [2.45, 2.75) is 63.7 Å². The summed E-state index contributed by atoms with van der Waals surface area (Å²) < 4.78 is 81.6. The van der Waals surface area contributed by atoms with Crippen LogP contribution in [-0.4, -0.2) is 36.9 Å². The molecule has 0 aromatic heterocycles. The normalized spacial score (nSPS) is 21.7. The number of halogens is 6. The number of aryl methyl sites for hydroxylation is 1. The molecule has 1 nitrogen and oxygen atoms in total. The van der Waals surface area contributed by atoms with Crippen molar-refractivity contribution in [1.82, 2.24) is 4.90 Å². The van der Waals surface area contributed by atoms with E-state index < -0.39 is 30.1 Å². The minimum absolute atomic E-state index is 0.0544. The lowest BCUT2D eigenvalue weighted by Gasteiger charge is -2.40. The Balaban J connectivity index is 1.60. The summed E-state index contributed by atoms with van der Waals surface area (Å²) in [6, 6.07) is 16.6. The average Bonchev–Trinajstić information content (AvgIpc) is 2.81. The van der Waals surface area contributed by atoms with E-state index in [-0.39, 0.29) is 24.8 Å². The minimum atomic E-state index is -4.64. The van der Waals surface area contributed by atoms with Gasteiger partial charge in [0.15, 0.2) is 0 Å². The quantitative estimate of drug-likeness (QED) is 0.328. The first-order valence-corrected chi connectivity index (χ1v) is 12.1. The molecule has 2 aromatic carbocycles. The maximum atomic E-state index is 13.6. The largest absolute Gasteiger partial charge is 0.392 e. The van der Waals surface area contributed by atoms with Gasteiger partial charge < -0.3 is 4.90 Å². The second-order valence-electron chi connectivity index (χ2n) is 9.27. The zero-order valence-electron chi connectivity index (χ0n) is 19.5. The summed E-state index contributed by atoms with van der Waals surface area (Å²) in [5.41, 5.74) is 2.37. The first-order valence-electron chi connectivity index (χ1n) is 12.1. The Bertz CT molecular complexity index is 837. The van der Waals surface area contributed by atoms with Gasteiger partial charge in [-0.2, -0.15) is 26.3 Å². The smallest absolute Gasteiger partial charge is 0.303 e. The molecule has 0 radical (unpaired) electrons. The lowest BCUT2D eigenvalue weighted by molar-refractivity contribution is -0.231. The molecule has 1 fully saturated rings. The molecule has 1 saturated carbocycles. The summed E-state index contributed by atoms with van der Waals surface area (Å²) in [6.07, 6.45) is -7.27. The van der Waals surface area contributed by atoms with Crippen LogP contribution in [0.25, 0.3) is 0 Å². The van der Waals surface area contributed by atoms with Gasteiger partial charge in [-0.25, -0.2) is 0 Å². The van der Waals surface area contributed by atoms with Gasteiger partial charge in [-0.05, 0) is 61.9 Å². The van der Waals surface area contributed by atoms with E-state index >= 15 is 0 Å². The molecular weight excluding hydrogens is 452 g/mol. The van der Waals surface area contributed by atoms with Crippen molar-refractivity contribution in [2.75, 3.05) is 19.6 Å². The van der Waals surface area contributed by atoms with Gasteiger partial charge >= 0.3 is 12.4 Å². The maximum Gasteiger partial charge on any atom is 0.392 e. The van der Waals surface area contributed by atoms with E-state index in [0.717, 1.165) is 44.5 Å². The highest BCUT2D eigenvalue weighted by atomic mass is 19.4. The highest BCUT2D eigenvalue weighted by molar-refractivity contribution is 5.28. The molecule has 0 amide bonds. The zero-order valence-corrected chi connectivity index (χ0v) is 19.5. The summed E-state index contributed by atoms with van der Waals surface area (Å²) >= 11 is 0. The van der Waals surface area contributed by atoms with Crippen LogP contribution < -0.4 is 0 Å². The molecule has 0 heterocycles. The topological polar surface area (TPSA) is 3.24 Å². The van der Waals surface area contributed by atoms with Gasteiger partial charge in [-0.3, -0.25) is 0 Å². The lowest BCUT2D eigenvalue weighted by atomic mass is 9.68. The highest BCUT2D eigenvalue weighted by Gasteiger charge is 2.56. The van der Waals surface area contributed by atoms with Gasteiger partial charge in [0, 0.05) is 12.5 Å². The van der Waals surface area contributed by atoms with Gasteiger partial charge in [0.2, 0.25) is 0 Å². The van der Waals surface area contributed by atoms with Crippen molar-refractivity contribution in [3.8, 4) is 0 Å². The van der Waals surface area contributed by atoms with Gasteiger partial charge in [-0.15, -0.1) is 0 Å². The molecule has 1 aliphatic rings. The van der Waals surface area contributed by atoms with E-state index in [1.165, 1.54) is 17.7 Å². The standard InChI is InChI=1S/C27H33F6N/c1-2-34(19-17-20-8-4-3-5-9-20)18-7-10-21-13-15-22(16-14-21)25-23(26(28,29)30)11-6-12-24(25)27(31,32)33/h3-5,8-9,13-16,23-25H,2,6-7,10-12,17-19H2,1H3. The predicted molar refractivity (Wildman–Crippen MR) is 123 cm³/mol. The van der Waals surface area contributed by atoms with E-state index in [9.17, 15) is 26.3 Å². The molecule has 0 saturated heterocycles. The molecule has 2 atom stereocenters. The second kappa shape index (κ2) is 11.6. The fraction of sp³-hybridized carbons (Fsp3) is 0.556. The third-order valence-electron chi connectivity index (χ3n) is 7.05. The van der Waals surface area contributed by atoms with Crippen LogP contribution in [0, 0.1) is 11.8 Å². The van der Waals surface area contributed by atoms with Crippen molar-refractivity contribution in [3.05, 3.63) is 71.3 Å². The van der Waals surface area contributed by atoms with Crippen LogP contribution in [0.1, 0.15) is 55.2 Å². The summed E-state index contributed by atoms with van der Waals surface area (Å²) in [7, 11) is 0. The molecule has 2 unspecified atom stereocenters. The van der Waals surface area contributed by atoms with Crippen LogP contribution in [0.15, 0.2) is 54.6 Å². The molecule has 1 aliphatic carbocycles. The van der Waals surface area contributed by atoms with Gasteiger partial charge in [0.1, 0.15) is 0 Å². The number of hydrogen-bond acceptors (Lipinski definition) is 1. The minimum Gasteiger partial charge on any atom is -0.303 e. The van der Waals surface area contributed by atoms with Crippen LogP contribution in [0.3, 0.4) is 0 Å². The summed E-state index contributed by atoms with van der Waals surface area (Å²) in [4.78, 5) is 2.35. The van der Waals surface area contributed by atoms with Crippen molar-refractivity contribution < 1.29 is 26.3 Å². The molecule has 0 bridgehead atoms. The second-order valence-corrected chi connectivity index (χ2v) is 9.27. The Hall–Kier alpha value is -2.02. The van der Waals surface area contributed by atoms with Gasteiger partial charge in [-0.1, -0.05) is 67.9 Å². The zero-order chi connectivity index (χ0) is 24.8. The number of hydrogen-bond donors (Lipinski definition) is 0. The molecule has 3 rings (SSSR count). The molecule has 0 N–H and O–H groups in total. The van der Waals surface area contributed by atoms with Crippen molar-refractivity contribution in [2.24, 2.45) is 11.8 Å². The van der Waals surface area contributed by atoms with Crippen molar-refractivity contribution in [3.63, 3.8) is 0 Å². The van der Waals surface area contributed by atoms with E-state index in [4.69, 9.17) is 0 Å². The fourth-order valence-electron chi connectivity index (χ4n) is 5.17. The molecule has 0 spiro atoms. The van der Waals surface area contributed by atoms with E-state index in [2.05, 4.69) is 24.0 Å². The maximum absolute atomic E-state index is 13.6. The van der Waals surface area contributed by atoms with Crippen LogP contribution >= 0.6 is 0 Å². The summed E-state index contributed by atoms with van der Waals surface area (Å²) in [6.45, 7) is 4.86. The lowest BCUT2D eigenvalue weighted by Crippen LogP contribution is -2.42. The Morgan fingerprint density at radius 3 is 1.82 bits per heavy atom. The van der Waals surface area contributed by atoms with Crippen molar-refractivity contribution in [1.29, 1.82) is 0 Å². The Morgan fingerprint density at radius 1 is 0.735 bits per heavy atom. The van der Waals surface area contributed by atoms with Crippen LogP contribution in [-0.2, 0) is 12.8 Å². The monoisotopic (exact) mass is 485 g/mol. The molecule has 7 heteroatoms. The van der Waals surface area contributed by atoms with Crippen LogP contribution in [0.5, 0.6) is 0 Å². The Kier molecular flexibility index (Phi) is 9.07. The van der Waals surface area contributed by atoms with Gasteiger partial charge in [0.25, 0.3) is 0 Å². The number of benzene rings is 2. The number of alkyl halides is 6. The first-order chi connectivity index (χ1) is 16.1. The van der Waals surface area contributed by atoms with E-state index in [0.29, 0.717) is 0 Å². The Labute approximate surface area is 198 Å². The third kappa shape index (κ3) is 7.24. The van der Waals surface area contributed by atoms with Crippen LogP contribution in [0.2, 0.25) is 0 Å². The summed E-state index contributed by atoms with van der Waals surface area (Å²) in [5, 5.41) is 0. The molecule has 2 aromatic rings. The van der Waals surface area contributed by atoms with E-state index in [1.54, 1.807) is 12.1 Å². The van der Waals surface area contributed by atoms with Gasteiger partial charge in [0.05, 0.1) is 11.8 Å². The molecule has 0 aliphatic heterocycles. The fourth-order valence-corrected chi connectivity index (χ4v) is 5.17. The SMILES string of the molecule is CCN(CCCc1ccc(C2C(C(F)(F)F)CCCC2C(F)(F)F)cc1)CCc1ccccc1.